The second-order valence-electron chi connectivity index (χ2n) is 5.32. The maximum atomic E-state index is 12.4. The van der Waals surface area contributed by atoms with Gasteiger partial charge in [0.1, 0.15) is 0 Å². The minimum atomic E-state index is -0.377. The van der Waals surface area contributed by atoms with Crippen LogP contribution in [0.4, 0.5) is 0 Å². The summed E-state index contributed by atoms with van der Waals surface area (Å²) in [5.74, 6) is -0.441. The normalized spacial score (nSPS) is 19.1. The monoisotopic (exact) mass is 275 g/mol. The standard InChI is InChI=1S/C15H21N3O2/c1-4-10(2)17-15(20)13-9-18(11(3)19)8-12-6-5-7-16-14(12)13/h5-7,10,13H,4,8-9H2,1-3H3,(H,17,20). The van der Waals surface area contributed by atoms with Crippen LogP contribution in [0.2, 0.25) is 0 Å². The molecule has 0 saturated heterocycles. The third-order valence-electron chi connectivity index (χ3n) is 3.78. The summed E-state index contributed by atoms with van der Waals surface area (Å²) in [5, 5.41) is 2.98. The minimum Gasteiger partial charge on any atom is -0.353 e. The first-order valence-electron chi connectivity index (χ1n) is 7.02. The van der Waals surface area contributed by atoms with E-state index in [-0.39, 0.29) is 23.8 Å². The average molecular weight is 275 g/mol. The zero-order valence-corrected chi connectivity index (χ0v) is 12.2. The van der Waals surface area contributed by atoms with Gasteiger partial charge in [-0.3, -0.25) is 14.6 Å². The molecule has 2 rings (SSSR count). The Bertz CT molecular complexity index is 516. The van der Waals surface area contributed by atoms with Crippen LogP contribution in [0, 0.1) is 0 Å². The zero-order valence-electron chi connectivity index (χ0n) is 12.2. The predicted octanol–water partition coefficient (Wildman–Crippen LogP) is 1.44. The highest BCUT2D eigenvalue weighted by Gasteiger charge is 2.32. The number of carbonyl (C=O) groups is 2. The van der Waals surface area contributed by atoms with Crippen LogP contribution in [-0.4, -0.2) is 34.3 Å². The number of amides is 2. The number of pyridine rings is 1. The summed E-state index contributed by atoms with van der Waals surface area (Å²) in [4.78, 5) is 30.1. The van der Waals surface area contributed by atoms with Gasteiger partial charge in [-0.25, -0.2) is 0 Å². The number of hydrogen-bond donors (Lipinski definition) is 1. The van der Waals surface area contributed by atoms with E-state index in [1.165, 1.54) is 6.92 Å². The first-order valence-corrected chi connectivity index (χ1v) is 7.02. The summed E-state index contributed by atoms with van der Waals surface area (Å²) in [6.45, 7) is 6.47. The van der Waals surface area contributed by atoms with Gasteiger partial charge in [-0.15, -0.1) is 0 Å². The molecule has 20 heavy (non-hydrogen) atoms. The Morgan fingerprint density at radius 2 is 2.30 bits per heavy atom. The second-order valence-corrected chi connectivity index (χ2v) is 5.32. The molecule has 0 bridgehead atoms. The predicted molar refractivity (Wildman–Crippen MR) is 76.0 cm³/mol. The average Bonchev–Trinajstić information content (AvgIpc) is 2.45. The van der Waals surface area contributed by atoms with Gasteiger partial charge in [-0.2, -0.15) is 0 Å². The highest BCUT2D eigenvalue weighted by Crippen LogP contribution is 2.26. The van der Waals surface area contributed by atoms with Gasteiger partial charge >= 0.3 is 0 Å². The number of aromatic nitrogens is 1. The molecule has 1 aliphatic rings. The van der Waals surface area contributed by atoms with E-state index in [1.807, 2.05) is 26.0 Å². The summed E-state index contributed by atoms with van der Waals surface area (Å²) < 4.78 is 0. The van der Waals surface area contributed by atoms with Gasteiger partial charge in [0, 0.05) is 32.3 Å². The van der Waals surface area contributed by atoms with E-state index in [9.17, 15) is 9.59 Å². The van der Waals surface area contributed by atoms with Crippen molar-refractivity contribution in [3.63, 3.8) is 0 Å². The van der Waals surface area contributed by atoms with Crippen LogP contribution < -0.4 is 5.32 Å². The summed E-state index contributed by atoms with van der Waals surface area (Å²) in [6.07, 6.45) is 2.58. The first-order chi connectivity index (χ1) is 9.52. The highest BCUT2D eigenvalue weighted by atomic mass is 16.2. The van der Waals surface area contributed by atoms with Crippen molar-refractivity contribution in [1.82, 2.24) is 15.2 Å². The molecule has 1 aromatic rings. The van der Waals surface area contributed by atoms with E-state index < -0.39 is 0 Å². The molecule has 0 aliphatic carbocycles. The highest BCUT2D eigenvalue weighted by molar-refractivity contribution is 5.85. The SMILES string of the molecule is CCC(C)NC(=O)C1CN(C(C)=O)Cc2cccnc21. The quantitative estimate of drug-likeness (QED) is 0.908. The van der Waals surface area contributed by atoms with Gasteiger partial charge in [-0.1, -0.05) is 13.0 Å². The van der Waals surface area contributed by atoms with Crippen molar-refractivity contribution in [3.8, 4) is 0 Å². The van der Waals surface area contributed by atoms with Crippen LogP contribution in [0.3, 0.4) is 0 Å². The lowest BCUT2D eigenvalue weighted by Crippen LogP contribution is -2.45. The van der Waals surface area contributed by atoms with Gasteiger partial charge < -0.3 is 10.2 Å². The van der Waals surface area contributed by atoms with E-state index >= 15 is 0 Å². The Labute approximate surface area is 119 Å². The molecule has 2 atom stereocenters. The number of hydrogen-bond acceptors (Lipinski definition) is 3. The van der Waals surface area contributed by atoms with Crippen molar-refractivity contribution < 1.29 is 9.59 Å². The Morgan fingerprint density at radius 1 is 1.55 bits per heavy atom. The molecule has 5 nitrogen and oxygen atoms in total. The molecule has 108 valence electrons. The van der Waals surface area contributed by atoms with Gasteiger partial charge in [0.15, 0.2) is 0 Å². The number of nitrogens with one attached hydrogen (secondary N) is 1. The van der Waals surface area contributed by atoms with Crippen LogP contribution in [0.1, 0.15) is 44.4 Å². The molecule has 2 heterocycles. The number of carbonyl (C=O) groups excluding carboxylic acids is 2. The van der Waals surface area contributed by atoms with Crippen molar-refractivity contribution in [2.45, 2.75) is 45.7 Å². The number of nitrogens with zero attached hydrogens (tertiary/aromatic N) is 2. The molecular weight excluding hydrogens is 254 g/mol. The Kier molecular flexibility index (Phi) is 4.37. The largest absolute Gasteiger partial charge is 0.353 e. The first kappa shape index (κ1) is 14.5. The Morgan fingerprint density at radius 3 is 2.95 bits per heavy atom. The Balaban J connectivity index is 2.26. The van der Waals surface area contributed by atoms with Crippen LogP contribution in [-0.2, 0) is 16.1 Å². The molecule has 0 aromatic carbocycles. The molecule has 2 amide bonds. The van der Waals surface area contributed by atoms with E-state index in [2.05, 4.69) is 10.3 Å². The lowest BCUT2D eigenvalue weighted by molar-refractivity contribution is -0.131. The maximum Gasteiger partial charge on any atom is 0.231 e. The van der Waals surface area contributed by atoms with Crippen LogP contribution >= 0.6 is 0 Å². The lowest BCUT2D eigenvalue weighted by Gasteiger charge is -2.33. The number of rotatable bonds is 3. The third-order valence-corrected chi connectivity index (χ3v) is 3.78. The topological polar surface area (TPSA) is 62.3 Å². The zero-order chi connectivity index (χ0) is 14.7. The van der Waals surface area contributed by atoms with Crippen LogP contribution in [0.25, 0.3) is 0 Å². The van der Waals surface area contributed by atoms with Gasteiger partial charge in [-0.05, 0) is 25.0 Å². The van der Waals surface area contributed by atoms with Crippen molar-refractivity contribution in [2.75, 3.05) is 6.54 Å². The van der Waals surface area contributed by atoms with E-state index in [0.29, 0.717) is 13.1 Å². The summed E-state index contributed by atoms with van der Waals surface area (Å²) in [6, 6.07) is 3.90. The minimum absolute atomic E-state index is 0.0131. The van der Waals surface area contributed by atoms with Crippen LogP contribution in [0.15, 0.2) is 18.3 Å². The smallest absolute Gasteiger partial charge is 0.231 e. The van der Waals surface area contributed by atoms with Gasteiger partial charge in [0.25, 0.3) is 0 Å². The molecule has 1 aliphatic heterocycles. The fraction of sp³-hybridized carbons (Fsp3) is 0.533. The lowest BCUT2D eigenvalue weighted by atomic mass is 9.93. The molecule has 0 saturated carbocycles. The van der Waals surface area contributed by atoms with Crippen LogP contribution in [0.5, 0.6) is 0 Å². The molecule has 0 radical (unpaired) electrons. The third kappa shape index (κ3) is 2.98. The Hall–Kier alpha value is -1.91. The summed E-state index contributed by atoms with van der Waals surface area (Å²) in [5.41, 5.74) is 1.75. The van der Waals surface area contributed by atoms with Crippen molar-refractivity contribution in [3.05, 3.63) is 29.6 Å². The maximum absolute atomic E-state index is 12.4. The van der Waals surface area contributed by atoms with E-state index in [0.717, 1.165) is 17.7 Å². The molecule has 0 spiro atoms. The molecule has 5 heteroatoms. The number of fused-ring (bicyclic) bond motifs is 1. The second kappa shape index (κ2) is 6.03. The van der Waals surface area contributed by atoms with E-state index in [1.54, 1.807) is 11.1 Å². The van der Waals surface area contributed by atoms with Gasteiger partial charge in [0.05, 0.1) is 11.6 Å². The molecule has 1 aromatic heterocycles. The summed E-state index contributed by atoms with van der Waals surface area (Å²) in [7, 11) is 0. The molecule has 0 fully saturated rings. The van der Waals surface area contributed by atoms with Crippen molar-refractivity contribution in [2.24, 2.45) is 0 Å². The summed E-state index contributed by atoms with van der Waals surface area (Å²) >= 11 is 0. The fourth-order valence-corrected chi connectivity index (χ4v) is 2.37. The molecule has 2 unspecified atom stereocenters. The molecule has 1 N–H and O–H groups in total. The van der Waals surface area contributed by atoms with Crippen molar-refractivity contribution in [1.29, 1.82) is 0 Å². The fourth-order valence-electron chi connectivity index (χ4n) is 2.37. The van der Waals surface area contributed by atoms with E-state index in [4.69, 9.17) is 0 Å². The molecular formula is C15H21N3O2. The van der Waals surface area contributed by atoms with Gasteiger partial charge in [0.2, 0.25) is 11.8 Å². The van der Waals surface area contributed by atoms with Crippen molar-refractivity contribution >= 4 is 11.8 Å².